The number of alkyl halides is 1. The molecule has 5 nitrogen and oxygen atoms in total. The molecule has 0 atom stereocenters. The zero-order valence-electron chi connectivity index (χ0n) is 7.44. The Morgan fingerprint density at radius 2 is 2.08 bits per heavy atom. The molecule has 0 saturated carbocycles. The van der Waals surface area contributed by atoms with E-state index < -0.39 is 10.0 Å². The molecular formula is C6H14BrNO4S. The van der Waals surface area contributed by atoms with Gasteiger partial charge in [-0.05, 0) is 0 Å². The van der Waals surface area contributed by atoms with E-state index in [1.54, 1.807) is 0 Å². The van der Waals surface area contributed by atoms with Gasteiger partial charge < -0.3 is 9.84 Å². The quantitative estimate of drug-likeness (QED) is 0.643. The van der Waals surface area contributed by atoms with Crippen molar-refractivity contribution in [3.05, 3.63) is 0 Å². The molecule has 80 valence electrons. The fourth-order valence-corrected chi connectivity index (χ4v) is 2.48. The van der Waals surface area contributed by atoms with Gasteiger partial charge in [-0.3, -0.25) is 0 Å². The van der Waals surface area contributed by atoms with Crippen molar-refractivity contribution in [3.8, 4) is 0 Å². The van der Waals surface area contributed by atoms with Crippen molar-refractivity contribution in [1.29, 1.82) is 0 Å². The van der Waals surface area contributed by atoms with Crippen LogP contribution in [0.25, 0.3) is 0 Å². The first-order valence-electron chi connectivity index (χ1n) is 3.72. The minimum atomic E-state index is -3.28. The molecule has 0 fully saturated rings. The molecule has 13 heavy (non-hydrogen) atoms. The summed E-state index contributed by atoms with van der Waals surface area (Å²) in [6.45, 7) is 0.518. The maximum atomic E-state index is 11.3. The van der Waals surface area contributed by atoms with E-state index in [-0.39, 0.29) is 24.4 Å². The highest BCUT2D eigenvalue weighted by molar-refractivity contribution is 9.10. The van der Waals surface area contributed by atoms with Crippen molar-refractivity contribution < 1.29 is 18.3 Å². The highest BCUT2D eigenvalue weighted by Crippen LogP contribution is 2.03. The zero-order valence-corrected chi connectivity index (χ0v) is 9.84. The second-order valence-corrected chi connectivity index (χ2v) is 5.61. The summed E-state index contributed by atoms with van der Waals surface area (Å²) in [4.78, 5) is 0. The molecule has 0 radical (unpaired) electrons. The summed E-state index contributed by atoms with van der Waals surface area (Å²) >= 11 is 2.88. The molecule has 7 heteroatoms. The Morgan fingerprint density at radius 1 is 1.46 bits per heavy atom. The summed E-state index contributed by atoms with van der Waals surface area (Å²) in [5.41, 5.74) is 0. The molecule has 0 aromatic heterocycles. The first-order valence-corrected chi connectivity index (χ1v) is 6.45. The third kappa shape index (κ3) is 4.92. The SMILES string of the molecule is COCCN(CCO)S(=O)(=O)CBr. The van der Waals surface area contributed by atoms with Crippen molar-refractivity contribution in [1.82, 2.24) is 4.31 Å². The number of aliphatic hydroxyl groups is 1. The molecule has 0 unspecified atom stereocenters. The van der Waals surface area contributed by atoms with Crippen LogP contribution in [0.1, 0.15) is 0 Å². The minimum Gasteiger partial charge on any atom is -0.395 e. The lowest BCUT2D eigenvalue weighted by molar-refractivity contribution is 0.169. The first-order chi connectivity index (χ1) is 6.08. The number of ether oxygens (including phenoxy) is 1. The van der Waals surface area contributed by atoms with Crippen LogP contribution in [-0.2, 0) is 14.8 Å². The summed E-state index contributed by atoms with van der Waals surface area (Å²) in [6, 6.07) is 0. The molecule has 0 heterocycles. The van der Waals surface area contributed by atoms with Crippen LogP contribution in [0.4, 0.5) is 0 Å². The molecule has 0 aliphatic heterocycles. The van der Waals surface area contributed by atoms with E-state index in [2.05, 4.69) is 15.9 Å². The number of rotatable bonds is 7. The van der Waals surface area contributed by atoms with Crippen molar-refractivity contribution in [3.63, 3.8) is 0 Å². The minimum absolute atomic E-state index is 0.108. The summed E-state index contributed by atoms with van der Waals surface area (Å²) in [7, 11) is -1.79. The third-order valence-corrected chi connectivity index (χ3v) is 4.59. The van der Waals surface area contributed by atoms with E-state index in [0.717, 1.165) is 0 Å². The van der Waals surface area contributed by atoms with Gasteiger partial charge in [0.15, 0.2) is 0 Å². The van der Waals surface area contributed by atoms with Crippen LogP contribution in [0.15, 0.2) is 0 Å². The van der Waals surface area contributed by atoms with Crippen molar-refractivity contribution >= 4 is 26.0 Å². The fraction of sp³-hybridized carbons (Fsp3) is 1.00. The van der Waals surface area contributed by atoms with E-state index in [1.807, 2.05) is 0 Å². The zero-order chi connectivity index (χ0) is 10.3. The third-order valence-electron chi connectivity index (χ3n) is 1.43. The van der Waals surface area contributed by atoms with Crippen LogP contribution < -0.4 is 0 Å². The maximum absolute atomic E-state index is 11.3. The topological polar surface area (TPSA) is 66.8 Å². The van der Waals surface area contributed by atoms with E-state index >= 15 is 0 Å². The van der Waals surface area contributed by atoms with Crippen LogP contribution in [0, 0.1) is 0 Å². The number of methoxy groups -OCH3 is 1. The van der Waals surface area contributed by atoms with Crippen LogP contribution >= 0.6 is 15.9 Å². The van der Waals surface area contributed by atoms with E-state index in [1.165, 1.54) is 11.4 Å². The van der Waals surface area contributed by atoms with Gasteiger partial charge in [0.25, 0.3) is 0 Å². The van der Waals surface area contributed by atoms with Crippen molar-refractivity contribution in [2.45, 2.75) is 0 Å². The molecule has 0 bridgehead atoms. The first kappa shape index (κ1) is 13.3. The van der Waals surface area contributed by atoms with Crippen LogP contribution in [0.2, 0.25) is 0 Å². The Kier molecular flexibility index (Phi) is 6.88. The lowest BCUT2D eigenvalue weighted by Crippen LogP contribution is -2.36. The van der Waals surface area contributed by atoms with Gasteiger partial charge >= 0.3 is 0 Å². The molecule has 0 saturated heterocycles. The highest BCUT2D eigenvalue weighted by Gasteiger charge is 2.19. The van der Waals surface area contributed by atoms with Crippen molar-refractivity contribution in [2.24, 2.45) is 0 Å². The Balaban J connectivity index is 4.23. The molecule has 0 aliphatic rings. The summed E-state index contributed by atoms with van der Waals surface area (Å²) in [6.07, 6.45) is 0. The fourth-order valence-electron chi connectivity index (χ4n) is 0.764. The van der Waals surface area contributed by atoms with Crippen molar-refractivity contribution in [2.75, 3.05) is 38.1 Å². The summed E-state index contributed by atoms with van der Waals surface area (Å²) in [5.74, 6) is 0. The summed E-state index contributed by atoms with van der Waals surface area (Å²) < 4.78 is 28.4. The number of halogens is 1. The van der Waals surface area contributed by atoms with Gasteiger partial charge in [0, 0.05) is 20.2 Å². The smallest absolute Gasteiger partial charge is 0.224 e. The molecule has 0 spiro atoms. The van der Waals surface area contributed by atoms with Crippen LogP contribution in [0.3, 0.4) is 0 Å². The van der Waals surface area contributed by atoms with E-state index in [4.69, 9.17) is 9.84 Å². The largest absolute Gasteiger partial charge is 0.395 e. The molecule has 0 aromatic carbocycles. The Hall–Kier alpha value is 0.310. The van der Waals surface area contributed by atoms with E-state index in [0.29, 0.717) is 6.61 Å². The molecule has 0 amide bonds. The molecule has 0 rings (SSSR count). The van der Waals surface area contributed by atoms with Gasteiger partial charge in [0.05, 0.1) is 13.2 Å². The number of aliphatic hydroxyl groups excluding tert-OH is 1. The van der Waals surface area contributed by atoms with Gasteiger partial charge in [-0.1, -0.05) is 15.9 Å². The molecule has 0 aliphatic carbocycles. The van der Waals surface area contributed by atoms with Gasteiger partial charge in [-0.15, -0.1) is 0 Å². The van der Waals surface area contributed by atoms with Gasteiger partial charge in [0.1, 0.15) is 4.66 Å². The lowest BCUT2D eigenvalue weighted by atomic mass is 10.6. The normalized spacial score (nSPS) is 12.3. The second-order valence-electron chi connectivity index (χ2n) is 2.34. The number of hydrogen-bond acceptors (Lipinski definition) is 4. The number of sulfonamides is 1. The summed E-state index contributed by atoms with van der Waals surface area (Å²) in [5, 5.41) is 8.63. The predicted molar refractivity (Wildman–Crippen MR) is 53.2 cm³/mol. The monoisotopic (exact) mass is 275 g/mol. The van der Waals surface area contributed by atoms with Crippen LogP contribution in [-0.4, -0.2) is 55.9 Å². The van der Waals surface area contributed by atoms with Crippen LogP contribution in [0.5, 0.6) is 0 Å². The average molecular weight is 276 g/mol. The average Bonchev–Trinajstić information content (AvgIpc) is 2.12. The molecule has 0 aromatic rings. The Labute approximate surface area is 86.9 Å². The molecule has 1 N–H and O–H groups in total. The van der Waals surface area contributed by atoms with Gasteiger partial charge in [-0.25, -0.2) is 8.42 Å². The second kappa shape index (κ2) is 6.72. The standard InChI is InChI=1S/C6H14BrNO4S/c1-12-5-3-8(2-4-9)13(10,11)6-7/h9H,2-6H2,1H3. The van der Waals surface area contributed by atoms with Gasteiger partial charge in [0.2, 0.25) is 10.0 Å². The molecular weight excluding hydrogens is 262 g/mol. The number of hydrogen-bond donors (Lipinski definition) is 1. The maximum Gasteiger partial charge on any atom is 0.224 e. The number of nitrogens with zero attached hydrogens (tertiary/aromatic N) is 1. The predicted octanol–water partition coefficient (Wildman–Crippen LogP) is -0.391. The lowest BCUT2D eigenvalue weighted by Gasteiger charge is -2.19. The van der Waals surface area contributed by atoms with Gasteiger partial charge in [-0.2, -0.15) is 4.31 Å². The Bertz CT molecular complexity index is 219. The Morgan fingerprint density at radius 3 is 2.46 bits per heavy atom. The van der Waals surface area contributed by atoms with E-state index in [9.17, 15) is 8.42 Å². The highest BCUT2D eigenvalue weighted by atomic mass is 79.9.